The first-order chi connectivity index (χ1) is 9.11. The van der Waals surface area contributed by atoms with Crippen molar-refractivity contribution in [2.45, 2.75) is 0 Å². The molecule has 2 rings (SSSR count). The SMILES string of the molecule is COc1ccc(C(=O)Nc2nn[nH]n2)cc1[N+](=O)[O-]. The number of anilines is 1. The van der Waals surface area contributed by atoms with Gasteiger partial charge in [-0.2, -0.15) is 5.21 Å². The second-order valence-electron chi connectivity index (χ2n) is 3.33. The number of nitro groups is 1. The number of nitro benzene ring substituents is 1. The first-order valence-electron chi connectivity index (χ1n) is 4.99. The number of nitrogens with zero attached hydrogens (tertiary/aromatic N) is 4. The maximum Gasteiger partial charge on any atom is 0.311 e. The van der Waals surface area contributed by atoms with E-state index in [1.54, 1.807) is 0 Å². The molecule has 1 heterocycles. The Morgan fingerprint density at radius 1 is 1.53 bits per heavy atom. The van der Waals surface area contributed by atoms with Crippen molar-refractivity contribution in [3.63, 3.8) is 0 Å². The Labute approximate surface area is 105 Å². The molecule has 1 aromatic heterocycles. The van der Waals surface area contributed by atoms with Gasteiger partial charge in [0.05, 0.1) is 12.0 Å². The average Bonchev–Trinajstić information content (AvgIpc) is 2.90. The normalized spacial score (nSPS) is 9.95. The molecule has 0 spiro atoms. The van der Waals surface area contributed by atoms with Gasteiger partial charge in [0.1, 0.15) is 0 Å². The van der Waals surface area contributed by atoms with E-state index in [-0.39, 0.29) is 22.9 Å². The topological polar surface area (TPSA) is 136 Å². The number of amides is 1. The van der Waals surface area contributed by atoms with Crippen LogP contribution in [0.4, 0.5) is 11.6 Å². The van der Waals surface area contributed by atoms with Gasteiger partial charge in [0.15, 0.2) is 5.75 Å². The number of aromatic amines is 1. The van der Waals surface area contributed by atoms with Crippen molar-refractivity contribution in [3.8, 4) is 5.75 Å². The number of aromatic nitrogens is 4. The highest BCUT2D eigenvalue weighted by Gasteiger charge is 2.18. The second-order valence-corrected chi connectivity index (χ2v) is 3.33. The maximum absolute atomic E-state index is 11.8. The van der Waals surface area contributed by atoms with Gasteiger partial charge < -0.3 is 4.74 Å². The van der Waals surface area contributed by atoms with Crippen molar-refractivity contribution in [2.75, 3.05) is 12.4 Å². The number of hydrogen-bond acceptors (Lipinski definition) is 7. The fraction of sp³-hybridized carbons (Fsp3) is 0.111. The minimum Gasteiger partial charge on any atom is -0.490 e. The molecular weight excluding hydrogens is 256 g/mol. The number of rotatable bonds is 4. The number of H-pyrrole nitrogens is 1. The lowest BCUT2D eigenvalue weighted by Gasteiger charge is -2.04. The maximum atomic E-state index is 11.8. The summed E-state index contributed by atoms with van der Waals surface area (Å²) in [5.74, 6) is -0.545. The molecule has 0 atom stereocenters. The largest absolute Gasteiger partial charge is 0.490 e. The molecule has 2 N–H and O–H groups in total. The van der Waals surface area contributed by atoms with E-state index in [0.29, 0.717) is 0 Å². The average molecular weight is 264 g/mol. The Bertz CT molecular complexity index is 611. The summed E-state index contributed by atoms with van der Waals surface area (Å²) < 4.78 is 4.83. The molecule has 19 heavy (non-hydrogen) atoms. The van der Waals surface area contributed by atoms with Crippen LogP contribution in [0.2, 0.25) is 0 Å². The minimum absolute atomic E-state index is 0.0246. The van der Waals surface area contributed by atoms with Gasteiger partial charge in [-0.15, -0.1) is 5.10 Å². The number of ether oxygens (including phenoxy) is 1. The van der Waals surface area contributed by atoms with Crippen LogP contribution in [0.25, 0.3) is 0 Å². The second kappa shape index (κ2) is 5.08. The van der Waals surface area contributed by atoms with Crippen LogP contribution in [-0.4, -0.2) is 38.6 Å². The molecule has 0 aliphatic heterocycles. The van der Waals surface area contributed by atoms with Gasteiger partial charge in [-0.05, 0) is 17.3 Å². The van der Waals surface area contributed by atoms with Gasteiger partial charge in [-0.25, -0.2) is 0 Å². The predicted molar refractivity (Wildman–Crippen MR) is 61.8 cm³/mol. The first kappa shape index (κ1) is 12.4. The molecule has 0 saturated heterocycles. The monoisotopic (exact) mass is 264 g/mol. The number of methoxy groups -OCH3 is 1. The van der Waals surface area contributed by atoms with E-state index in [1.807, 2.05) is 0 Å². The van der Waals surface area contributed by atoms with Crippen LogP contribution < -0.4 is 10.1 Å². The fourth-order valence-electron chi connectivity index (χ4n) is 1.36. The molecule has 0 aliphatic carbocycles. The summed E-state index contributed by atoms with van der Waals surface area (Å²) >= 11 is 0. The van der Waals surface area contributed by atoms with Gasteiger partial charge in [-0.3, -0.25) is 20.2 Å². The van der Waals surface area contributed by atoms with Crippen molar-refractivity contribution in [1.29, 1.82) is 0 Å². The molecule has 0 fully saturated rings. The minimum atomic E-state index is -0.635. The van der Waals surface area contributed by atoms with Crippen LogP contribution in [0, 0.1) is 10.1 Å². The van der Waals surface area contributed by atoms with Crippen LogP contribution in [0.3, 0.4) is 0 Å². The van der Waals surface area contributed by atoms with E-state index in [2.05, 4.69) is 25.9 Å². The molecule has 0 aliphatic rings. The first-order valence-corrected chi connectivity index (χ1v) is 4.99. The molecule has 10 heteroatoms. The summed E-state index contributed by atoms with van der Waals surface area (Å²) in [6, 6.07) is 3.83. The molecule has 98 valence electrons. The fourth-order valence-corrected chi connectivity index (χ4v) is 1.36. The van der Waals surface area contributed by atoms with E-state index in [1.165, 1.54) is 19.2 Å². The smallest absolute Gasteiger partial charge is 0.311 e. The van der Waals surface area contributed by atoms with Crippen molar-refractivity contribution >= 4 is 17.5 Å². The summed E-state index contributed by atoms with van der Waals surface area (Å²) in [6.45, 7) is 0. The van der Waals surface area contributed by atoms with Crippen molar-refractivity contribution in [1.82, 2.24) is 20.6 Å². The number of tetrazole rings is 1. The van der Waals surface area contributed by atoms with E-state index in [9.17, 15) is 14.9 Å². The highest BCUT2D eigenvalue weighted by Crippen LogP contribution is 2.27. The summed E-state index contributed by atoms with van der Waals surface area (Å²) in [6.07, 6.45) is 0. The molecule has 0 saturated carbocycles. The Morgan fingerprint density at radius 2 is 2.32 bits per heavy atom. The van der Waals surface area contributed by atoms with E-state index in [4.69, 9.17) is 4.74 Å². The Hall–Kier alpha value is -3.04. The van der Waals surface area contributed by atoms with Gasteiger partial charge in [0.2, 0.25) is 0 Å². The lowest BCUT2D eigenvalue weighted by Crippen LogP contribution is -2.13. The molecule has 1 amide bonds. The van der Waals surface area contributed by atoms with Crippen molar-refractivity contribution in [2.24, 2.45) is 0 Å². The Balaban J connectivity index is 2.27. The Kier molecular flexibility index (Phi) is 3.32. The van der Waals surface area contributed by atoms with Crippen molar-refractivity contribution < 1.29 is 14.5 Å². The van der Waals surface area contributed by atoms with Gasteiger partial charge in [0.25, 0.3) is 11.9 Å². The van der Waals surface area contributed by atoms with Crippen LogP contribution in [0.15, 0.2) is 18.2 Å². The van der Waals surface area contributed by atoms with E-state index in [0.717, 1.165) is 6.07 Å². The lowest BCUT2D eigenvalue weighted by atomic mass is 10.2. The third-order valence-electron chi connectivity index (χ3n) is 2.21. The number of carbonyl (C=O) groups excluding carboxylic acids is 1. The molecule has 10 nitrogen and oxygen atoms in total. The highest BCUT2D eigenvalue weighted by atomic mass is 16.6. The van der Waals surface area contributed by atoms with Crippen LogP contribution in [-0.2, 0) is 0 Å². The zero-order chi connectivity index (χ0) is 13.8. The van der Waals surface area contributed by atoms with Crippen LogP contribution >= 0.6 is 0 Å². The number of nitrogens with one attached hydrogen (secondary N) is 2. The van der Waals surface area contributed by atoms with Crippen LogP contribution in [0.1, 0.15) is 10.4 Å². The molecule has 1 aromatic carbocycles. The summed E-state index contributed by atoms with van der Waals surface area (Å²) in [5.41, 5.74) is -0.222. The lowest BCUT2D eigenvalue weighted by molar-refractivity contribution is -0.385. The van der Waals surface area contributed by atoms with E-state index >= 15 is 0 Å². The molecule has 0 bridgehead atoms. The third-order valence-corrected chi connectivity index (χ3v) is 2.21. The molecule has 0 unspecified atom stereocenters. The Morgan fingerprint density at radius 3 is 2.89 bits per heavy atom. The number of benzene rings is 1. The molecular formula is C9H8N6O4. The van der Waals surface area contributed by atoms with E-state index < -0.39 is 10.8 Å². The number of carbonyl (C=O) groups is 1. The quantitative estimate of drug-likeness (QED) is 0.601. The molecule has 0 radical (unpaired) electrons. The van der Waals surface area contributed by atoms with Gasteiger partial charge in [0, 0.05) is 11.6 Å². The summed E-state index contributed by atoms with van der Waals surface area (Å²) in [4.78, 5) is 22.0. The zero-order valence-electron chi connectivity index (χ0n) is 9.65. The third kappa shape index (κ3) is 2.62. The summed E-state index contributed by atoms with van der Waals surface area (Å²) in [5, 5.41) is 25.6. The van der Waals surface area contributed by atoms with Crippen molar-refractivity contribution in [3.05, 3.63) is 33.9 Å². The van der Waals surface area contributed by atoms with Gasteiger partial charge in [-0.1, -0.05) is 5.10 Å². The van der Waals surface area contributed by atoms with Crippen LogP contribution in [0.5, 0.6) is 5.75 Å². The number of hydrogen-bond donors (Lipinski definition) is 2. The standard InChI is InChI=1S/C9H8N6O4/c1-19-7-3-2-5(4-6(7)15(17)18)8(16)10-9-11-13-14-12-9/h2-4H,1H3,(H2,10,11,12,13,14,16). The van der Waals surface area contributed by atoms with Gasteiger partial charge >= 0.3 is 5.69 Å². The predicted octanol–water partition coefficient (Wildman–Crippen LogP) is 0.369. The molecule has 2 aromatic rings. The summed E-state index contributed by atoms with van der Waals surface area (Å²) in [7, 11) is 1.31. The highest BCUT2D eigenvalue weighted by molar-refractivity contribution is 6.03. The zero-order valence-corrected chi connectivity index (χ0v) is 9.65.